The molecule has 2 aromatic carbocycles. The molecule has 0 saturated heterocycles. The van der Waals surface area contributed by atoms with E-state index >= 15 is 0 Å². The van der Waals surface area contributed by atoms with E-state index in [1.54, 1.807) is 30.3 Å². The zero-order chi connectivity index (χ0) is 21.6. The number of aliphatic hydroxyl groups excluding tert-OH is 1. The molecule has 0 unspecified atom stereocenters. The Bertz CT molecular complexity index is 1330. The molecule has 10 heteroatoms. The van der Waals surface area contributed by atoms with Crippen molar-refractivity contribution in [2.45, 2.75) is 4.90 Å². The van der Waals surface area contributed by atoms with E-state index in [1.807, 2.05) is 5.32 Å². The molecule has 3 aromatic rings. The third-order valence-corrected chi connectivity index (χ3v) is 6.91. The molecule has 2 heterocycles. The molecule has 1 aliphatic rings. The van der Waals surface area contributed by atoms with Crippen molar-refractivity contribution in [1.29, 1.82) is 0 Å². The van der Waals surface area contributed by atoms with Gasteiger partial charge in [-0.2, -0.15) is 0 Å². The number of amides is 2. The first-order chi connectivity index (χ1) is 14.1. The minimum absolute atomic E-state index is 0. The first kappa shape index (κ1) is 24.0. The molecule has 1 radical (unpaired) electrons. The van der Waals surface area contributed by atoms with Crippen LogP contribution in [-0.4, -0.2) is 83.0 Å². The van der Waals surface area contributed by atoms with Gasteiger partial charge in [-0.25, -0.2) is 12.8 Å². The predicted molar refractivity (Wildman–Crippen MR) is 117 cm³/mol. The molecular weight excluding hydrogens is 468 g/mol. The zero-order valence-corrected chi connectivity index (χ0v) is 21.2. The number of carbonyl (C=O) groups excluding carboxylic acids is 2. The maximum Gasteiger partial charge on any atom is 0.293 e. The largest absolute Gasteiger partial charge is 0.502 e. The van der Waals surface area contributed by atoms with Crippen LogP contribution < -0.4 is 5.32 Å². The van der Waals surface area contributed by atoms with Gasteiger partial charge in [0.15, 0.2) is 15.6 Å². The molecule has 0 bridgehead atoms. The average molecular weight is 483 g/mol. The number of imide groups is 1. The van der Waals surface area contributed by atoms with Crippen molar-refractivity contribution in [2.24, 2.45) is 0 Å². The van der Waals surface area contributed by atoms with E-state index in [2.05, 4.69) is 0 Å². The maximum absolute atomic E-state index is 13.4. The number of hydrogen-bond donors (Lipinski definition) is 2. The van der Waals surface area contributed by atoms with Crippen LogP contribution >= 0.6 is 11.3 Å². The normalized spacial score (nSPS) is 13.9. The molecule has 0 fully saturated rings. The van der Waals surface area contributed by atoms with Crippen LogP contribution in [0.1, 0.15) is 4.88 Å². The first-order valence-corrected chi connectivity index (χ1v) is 11.4. The number of aliphatic hydroxyl groups is 1. The van der Waals surface area contributed by atoms with E-state index in [0.29, 0.717) is 26.4 Å². The topological polar surface area (TPSA) is 101 Å². The second kappa shape index (κ2) is 9.06. The van der Waals surface area contributed by atoms with Gasteiger partial charge in [0.2, 0.25) is 0 Å². The quantitative estimate of drug-likeness (QED) is 0.440. The van der Waals surface area contributed by atoms with Crippen LogP contribution in [0.3, 0.4) is 0 Å². The molecule has 153 valence electrons. The Morgan fingerprint density at radius 1 is 0.935 bits per heavy atom. The van der Waals surface area contributed by atoms with Crippen molar-refractivity contribution in [2.75, 3.05) is 6.26 Å². The van der Waals surface area contributed by atoms with E-state index in [0.717, 1.165) is 17.6 Å². The van der Waals surface area contributed by atoms with Gasteiger partial charge in [-0.15, -0.1) is 11.3 Å². The Morgan fingerprint density at radius 2 is 1.52 bits per heavy atom. The number of benzene rings is 2. The molecule has 0 spiro atoms. The number of rotatable bonds is 4. The zero-order valence-electron chi connectivity index (χ0n) is 16.5. The van der Waals surface area contributed by atoms with Crippen molar-refractivity contribution in [1.82, 2.24) is 5.32 Å². The molecule has 0 aliphatic carbocycles. The first-order valence-electron chi connectivity index (χ1n) is 8.64. The van der Waals surface area contributed by atoms with Gasteiger partial charge in [0.25, 0.3) is 11.8 Å². The van der Waals surface area contributed by atoms with E-state index in [9.17, 15) is 27.5 Å². The van der Waals surface area contributed by atoms with Gasteiger partial charge in [-0.05, 0) is 41.5 Å². The van der Waals surface area contributed by atoms with Crippen LogP contribution in [0.2, 0.25) is 0 Å². The van der Waals surface area contributed by atoms with E-state index in [4.69, 9.17) is 0 Å². The number of carbonyl (C=O) groups is 2. The molecular formula is C21H14FKNO5S2. The van der Waals surface area contributed by atoms with Gasteiger partial charge in [-0.1, -0.05) is 24.3 Å². The van der Waals surface area contributed by atoms with Crippen molar-refractivity contribution in [3.05, 3.63) is 71.1 Å². The summed E-state index contributed by atoms with van der Waals surface area (Å²) in [5, 5.41) is 12.1. The summed E-state index contributed by atoms with van der Waals surface area (Å²) in [5.41, 5.74) is 1.84. The SMILES string of the molecule is CS(=O)(=O)c1ccc(-c2cc(C3=C(O)C(=O)NC3=O)sc2-c2ccc(F)cc2)cc1.[K]. The van der Waals surface area contributed by atoms with Gasteiger partial charge in [0.1, 0.15) is 11.4 Å². The molecule has 1 aliphatic heterocycles. The molecule has 0 atom stereocenters. The summed E-state index contributed by atoms with van der Waals surface area (Å²) in [5.74, 6) is -2.64. The fourth-order valence-electron chi connectivity index (χ4n) is 3.10. The number of hydrogen-bond acceptors (Lipinski definition) is 6. The number of nitrogens with one attached hydrogen (secondary N) is 1. The second-order valence-electron chi connectivity index (χ2n) is 6.66. The molecule has 31 heavy (non-hydrogen) atoms. The molecule has 2 N–H and O–H groups in total. The fraction of sp³-hybridized carbons (Fsp3) is 0.0476. The summed E-state index contributed by atoms with van der Waals surface area (Å²) < 4.78 is 36.9. The minimum atomic E-state index is -3.37. The van der Waals surface area contributed by atoms with Gasteiger partial charge in [-0.3, -0.25) is 14.9 Å². The van der Waals surface area contributed by atoms with E-state index < -0.39 is 33.2 Å². The van der Waals surface area contributed by atoms with Crippen LogP contribution in [0.5, 0.6) is 0 Å². The molecule has 1 aromatic heterocycles. The monoisotopic (exact) mass is 482 g/mol. The summed E-state index contributed by atoms with van der Waals surface area (Å²) in [6.07, 6.45) is 1.11. The summed E-state index contributed by atoms with van der Waals surface area (Å²) in [6.45, 7) is 0. The second-order valence-corrected chi connectivity index (χ2v) is 9.73. The van der Waals surface area contributed by atoms with Crippen LogP contribution in [-0.2, 0) is 19.4 Å². The van der Waals surface area contributed by atoms with Gasteiger partial charge in [0, 0.05) is 73.0 Å². The minimum Gasteiger partial charge on any atom is -0.502 e. The Balaban J connectivity index is 0.00000272. The third kappa shape index (κ3) is 4.75. The molecule has 0 saturated carbocycles. The standard InChI is InChI=1S/C21H14FNO5S2.K/c1-30(27,28)14-8-4-11(5-9-14)15-10-16(17-18(24)21(26)23-20(17)25)29-19(15)12-2-6-13(22)7-3-12;/h2-10H,1H3,(H2,23,24,25,26);. The summed E-state index contributed by atoms with van der Waals surface area (Å²) in [4.78, 5) is 25.0. The Hall–Kier alpha value is -1.66. The maximum atomic E-state index is 13.4. The predicted octanol–water partition coefficient (Wildman–Crippen LogP) is 3.17. The summed E-state index contributed by atoms with van der Waals surface area (Å²) in [6, 6.07) is 13.6. The van der Waals surface area contributed by atoms with Crippen LogP contribution in [0.4, 0.5) is 4.39 Å². The van der Waals surface area contributed by atoms with Crippen molar-refractivity contribution in [3.63, 3.8) is 0 Å². The van der Waals surface area contributed by atoms with Crippen molar-refractivity contribution >= 4 is 89.9 Å². The molecule has 4 rings (SSSR count). The number of halogens is 1. The summed E-state index contributed by atoms with van der Waals surface area (Å²) >= 11 is 1.16. The van der Waals surface area contributed by atoms with Crippen molar-refractivity contribution in [3.8, 4) is 21.6 Å². The van der Waals surface area contributed by atoms with Crippen LogP contribution in [0.15, 0.2) is 65.3 Å². The average Bonchev–Trinajstić information content (AvgIpc) is 3.22. The van der Waals surface area contributed by atoms with Crippen LogP contribution in [0.25, 0.3) is 27.1 Å². The smallest absolute Gasteiger partial charge is 0.293 e. The van der Waals surface area contributed by atoms with Crippen molar-refractivity contribution < 1.29 is 27.5 Å². The molecule has 6 nitrogen and oxygen atoms in total. The Kier molecular flexibility index (Phi) is 7.01. The summed E-state index contributed by atoms with van der Waals surface area (Å²) in [7, 11) is -3.37. The van der Waals surface area contributed by atoms with E-state index in [1.165, 1.54) is 24.3 Å². The Labute approximate surface area is 224 Å². The number of thiophene rings is 1. The van der Waals surface area contributed by atoms with Crippen LogP contribution in [0, 0.1) is 5.82 Å². The fourth-order valence-corrected chi connectivity index (χ4v) is 4.96. The van der Waals surface area contributed by atoms with Gasteiger partial charge < -0.3 is 5.11 Å². The third-order valence-electron chi connectivity index (χ3n) is 4.58. The van der Waals surface area contributed by atoms with Gasteiger partial charge in [0.05, 0.1) is 4.90 Å². The molecule has 2 amide bonds. The Morgan fingerprint density at radius 3 is 2.03 bits per heavy atom. The van der Waals surface area contributed by atoms with Gasteiger partial charge >= 0.3 is 0 Å². The number of sulfone groups is 1. The van der Waals surface area contributed by atoms with E-state index in [-0.39, 0.29) is 61.9 Å².